The van der Waals surface area contributed by atoms with Crippen LogP contribution in [-0.4, -0.2) is 43.2 Å². The number of aryl methyl sites for hydroxylation is 1. The molecule has 1 fully saturated rings. The van der Waals surface area contributed by atoms with Crippen LogP contribution in [0.25, 0.3) is 0 Å². The van der Waals surface area contributed by atoms with Gasteiger partial charge in [-0.05, 0) is 39.2 Å². The molecule has 7 heteroatoms. The topological polar surface area (TPSA) is 80.0 Å². The van der Waals surface area contributed by atoms with Crippen LogP contribution in [0.2, 0.25) is 0 Å². The Morgan fingerprint density at radius 3 is 2.90 bits per heavy atom. The van der Waals surface area contributed by atoms with E-state index in [1.807, 2.05) is 25.5 Å². The first-order chi connectivity index (χ1) is 9.48. The molecule has 2 N–H and O–H groups in total. The quantitative estimate of drug-likeness (QED) is 0.830. The minimum absolute atomic E-state index is 0.276. The number of hydrogen-bond donors (Lipinski definition) is 2. The van der Waals surface area contributed by atoms with E-state index in [4.69, 9.17) is 0 Å². The number of rotatable bonds is 6. The Bertz CT molecular complexity index is 491. The highest BCUT2D eigenvalue weighted by molar-refractivity contribution is 7.99. The molecule has 112 valence electrons. The van der Waals surface area contributed by atoms with E-state index in [0.717, 1.165) is 30.4 Å². The second-order valence-corrected chi connectivity index (χ2v) is 6.65. The lowest BCUT2D eigenvalue weighted by atomic mass is 9.98. The molecule has 1 aromatic heterocycles. The van der Waals surface area contributed by atoms with Crippen LogP contribution < -0.4 is 5.32 Å². The highest BCUT2D eigenvalue weighted by Crippen LogP contribution is 2.39. The molecule has 0 aromatic carbocycles. The third-order valence-corrected chi connectivity index (χ3v) is 5.22. The fourth-order valence-corrected chi connectivity index (χ4v) is 3.81. The Morgan fingerprint density at radius 2 is 2.35 bits per heavy atom. The van der Waals surface area contributed by atoms with Gasteiger partial charge in [0.25, 0.3) is 0 Å². The van der Waals surface area contributed by atoms with E-state index in [9.17, 15) is 9.90 Å². The van der Waals surface area contributed by atoms with E-state index in [0.29, 0.717) is 12.8 Å². The second kappa shape index (κ2) is 6.13. The Morgan fingerprint density at radius 1 is 1.60 bits per heavy atom. The minimum atomic E-state index is -0.763. The summed E-state index contributed by atoms with van der Waals surface area (Å²) in [6, 6.07) is 0. The third kappa shape index (κ3) is 2.98. The highest BCUT2D eigenvalue weighted by Gasteiger charge is 2.45. The maximum Gasteiger partial charge on any atom is 0.323 e. The summed E-state index contributed by atoms with van der Waals surface area (Å²) < 4.78 is 1.95. The third-order valence-electron chi connectivity index (χ3n) is 3.92. The smallest absolute Gasteiger partial charge is 0.323 e. The van der Waals surface area contributed by atoms with Crippen LogP contribution in [0.3, 0.4) is 0 Å². The SMILES string of the molecule is CCCNC1(C(=O)O)CCC(Sc2nnc(C)n2C)C1. The van der Waals surface area contributed by atoms with Crippen molar-refractivity contribution in [1.29, 1.82) is 0 Å². The predicted octanol–water partition coefficient (Wildman–Crippen LogP) is 1.59. The summed E-state index contributed by atoms with van der Waals surface area (Å²) in [4.78, 5) is 11.6. The molecular weight excluding hydrogens is 276 g/mol. The van der Waals surface area contributed by atoms with Gasteiger partial charge in [-0.3, -0.25) is 4.79 Å². The van der Waals surface area contributed by atoms with Crippen LogP contribution in [0.15, 0.2) is 5.16 Å². The molecule has 1 aromatic rings. The number of aliphatic carboxylic acids is 1. The molecule has 1 aliphatic carbocycles. The van der Waals surface area contributed by atoms with Crippen LogP contribution in [-0.2, 0) is 11.8 Å². The van der Waals surface area contributed by atoms with Gasteiger partial charge in [0.15, 0.2) is 5.16 Å². The zero-order valence-electron chi connectivity index (χ0n) is 12.2. The van der Waals surface area contributed by atoms with Crippen molar-refractivity contribution in [1.82, 2.24) is 20.1 Å². The van der Waals surface area contributed by atoms with E-state index in [2.05, 4.69) is 15.5 Å². The number of aromatic nitrogens is 3. The zero-order valence-corrected chi connectivity index (χ0v) is 13.0. The molecule has 0 spiro atoms. The van der Waals surface area contributed by atoms with Gasteiger partial charge in [-0.25, -0.2) is 0 Å². The van der Waals surface area contributed by atoms with Gasteiger partial charge in [0, 0.05) is 12.3 Å². The summed E-state index contributed by atoms with van der Waals surface area (Å²) in [6.07, 6.45) is 3.14. The summed E-state index contributed by atoms with van der Waals surface area (Å²) in [5, 5.41) is 22.1. The number of hydrogen-bond acceptors (Lipinski definition) is 5. The Hall–Kier alpha value is -1.08. The molecule has 1 saturated carbocycles. The fourth-order valence-electron chi connectivity index (χ4n) is 2.53. The number of carboxylic acid groups (broad SMARTS) is 1. The monoisotopic (exact) mass is 298 g/mol. The molecule has 0 radical (unpaired) electrons. The lowest BCUT2D eigenvalue weighted by Crippen LogP contribution is -2.50. The average Bonchev–Trinajstić information content (AvgIpc) is 2.97. The Balaban J connectivity index is 2.03. The number of nitrogens with zero attached hydrogens (tertiary/aromatic N) is 3. The van der Waals surface area contributed by atoms with Gasteiger partial charge in [-0.2, -0.15) is 0 Å². The maximum atomic E-state index is 11.6. The lowest BCUT2D eigenvalue weighted by Gasteiger charge is -2.25. The van der Waals surface area contributed by atoms with E-state index in [1.54, 1.807) is 11.8 Å². The zero-order chi connectivity index (χ0) is 14.8. The van der Waals surface area contributed by atoms with Crippen molar-refractivity contribution in [3.63, 3.8) is 0 Å². The summed E-state index contributed by atoms with van der Waals surface area (Å²) in [7, 11) is 1.94. The van der Waals surface area contributed by atoms with Gasteiger partial charge < -0.3 is 15.0 Å². The molecule has 2 rings (SSSR count). The number of thioether (sulfide) groups is 1. The normalized spacial score (nSPS) is 26.1. The van der Waals surface area contributed by atoms with E-state index in [1.165, 1.54) is 0 Å². The number of carbonyl (C=O) groups is 1. The van der Waals surface area contributed by atoms with Crippen LogP contribution in [0.4, 0.5) is 0 Å². The van der Waals surface area contributed by atoms with Crippen LogP contribution in [0.1, 0.15) is 38.4 Å². The fraction of sp³-hybridized carbons (Fsp3) is 0.769. The first kappa shape index (κ1) is 15.3. The van der Waals surface area contributed by atoms with Gasteiger partial charge in [0.05, 0.1) is 0 Å². The Labute approximate surface area is 123 Å². The standard InChI is InChI=1S/C13H22N4O2S/c1-4-7-14-13(11(18)19)6-5-10(8-13)20-12-16-15-9(2)17(12)3/h10,14H,4-8H2,1-3H3,(H,18,19). The number of nitrogens with one attached hydrogen (secondary N) is 1. The van der Waals surface area contributed by atoms with Crippen LogP contribution in [0, 0.1) is 6.92 Å². The molecule has 1 heterocycles. The van der Waals surface area contributed by atoms with Crippen molar-refractivity contribution in [2.45, 2.75) is 55.5 Å². The largest absolute Gasteiger partial charge is 0.480 e. The summed E-state index contributed by atoms with van der Waals surface area (Å²) in [6.45, 7) is 4.70. The molecule has 0 amide bonds. The van der Waals surface area contributed by atoms with Crippen molar-refractivity contribution in [2.24, 2.45) is 7.05 Å². The van der Waals surface area contributed by atoms with E-state index < -0.39 is 11.5 Å². The second-order valence-electron chi connectivity index (χ2n) is 5.39. The molecule has 2 unspecified atom stereocenters. The van der Waals surface area contributed by atoms with Gasteiger partial charge in [0.1, 0.15) is 11.4 Å². The minimum Gasteiger partial charge on any atom is -0.480 e. The van der Waals surface area contributed by atoms with Crippen LogP contribution >= 0.6 is 11.8 Å². The molecule has 0 bridgehead atoms. The molecule has 0 aliphatic heterocycles. The van der Waals surface area contributed by atoms with Crippen LogP contribution in [0.5, 0.6) is 0 Å². The van der Waals surface area contributed by atoms with Crippen molar-refractivity contribution in [3.05, 3.63) is 5.82 Å². The first-order valence-corrected chi connectivity index (χ1v) is 7.87. The van der Waals surface area contributed by atoms with Crippen molar-refractivity contribution < 1.29 is 9.90 Å². The van der Waals surface area contributed by atoms with Crippen molar-refractivity contribution in [3.8, 4) is 0 Å². The maximum absolute atomic E-state index is 11.6. The molecule has 1 aliphatic rings. The first-order valence-electron chi connectivity index (χ1n) is 6.99. The molecule has 20 heavy (non-hydrogen) atoms. The van der Waals surface area contributed by atoms with Gasteiger partial charge >= 0.3 is 5.97 Å². The summed E-state index contributed by atoms with van der Waals surface area (Å²) in [5.41, 5.74) is -0.763. The summed E-state index contributed by atoms with van der Waals surface area (Å²) >= 11 is 1.64. The molecule has 0 saturated heterocycles. The average molecular weight is 298 g/mol. The van der Waals surface area contributed by atoms with E-state index in [-0.39, 0.29) is 5.25 Å². The highest BCUT2D eigenvalue weighted by atomic mass is 32.2. The van der Waals surface area contributed by atoms with Crippen molar-refractivity contribution in [2.75, 3.05) is 6.54 Å². The van der Waals surface area contributed by atoms with Crippen molar-refractivity contribution >= 4 is 17.7 Å². The molecule has 2 atom stereocenters. The Kier molecular flexibility index (Phi) is 4.70. The molecule has 6 nitrogen and oxygen atoms in total. The van der Waals surface area contributed by atoms with Gasteiger partial charge in [0.2, 0.25) is 0 Å². The van der Waals surface area contributed by atoms with Gasteiger partial charge in [-0.1, -0.05) is 18.7 Å². The van der Waals surface area contributed by atoms with Gasteiger partial charge in [-0.15, -0.1) is 10.2 Å². The number of carboxylic acids is 1. The lowest BCUT2D eigenvalue weighted by molar-refractivity contribution is -0.144. The predicted molar refractivity (Wildman–Crippen MR) is 77.9 cm³/mol. The molecular formula is C13H22N4O2S. The van der Waals surface area contributed by atoms with E-state index >= 15 is 0 Å². The summed E-state index contributed by atoms with van der Waals surface area (Å²) in [5.74, 6) is 0.141.